The molecular formula is C26H22FNO5S. The number of rotatable bonds is 9. The number of hydrogen-bond donors (Lipinski definition) is 0. The number of nitrogens with zero attached hydrogens (tertiary/aromatic N) is 1. The molecule has 3 aromatic rings. The van der Waals surface area contributed by atoms with Crippen LogP contribution >= 0.6 is 11.8 Å². The third-order valence-electron chi connectivity index (χ3n) is 5.01. The van der Waals surface area contributed by atoms with Crippen molar-refractivity contribution in [3.8, 4) is 17.2 Å². The summed E-state index contributed by atoms with van der Waals surface area (Å²) in [6.45, 7) is 0.609. The van der Waals surface area contributed by atoms with Gasteiger partial charge in [0.2, 0.25) is 0 Å². The van der Waals surface area contributed by atoms with Crippen LogP contribution in [-0.4, -0.2) is 36.3 Å². The Morgan fingerprint density at radius 2 is 1.62 bits per heavy atom. The quantitative estimate of drug-likeness (QED) is 0.376. The number of halogens is 1. The van der Waals surface area contributed by atoms with Crippen molar-refractivity contribution in [3.63, 3.8) is 0 Å². The fraction of sp³-hybridized carbons (Fsp3) is 0.154. The lowest BCUT2D eigenvalue weighted by atomic mass is 10.2. The van der Waals surface area contributed by atoms with Crippen LogP contribution in [0, 0.1) is 5.82 Å². The first kappa shape index (κ1) is 23.4. The van der Waals surface area contributed by atoms with E-state index in [1.807, 2.05) is 12.1 Å². The van der Waals surface area contributed by atoms with Gasteiger partial charge in [-0.25, -0.2) is 4.39 Å². The first-order chi connectivity index (χ1) is 16.5. The van der Waals surface area contributed by atoms with Crippen molar-refractivity contribution in [2.24, 2.45) is 0 Å². The van der Waals surface area contributed by atoms with Crippen molar-refractivity contribution in [2.75, 3.05) is 20.3 Å². The molecule has 6 nitrogen and oxygen atoms in total. The summed E-state index contributed by atoms with van der Waals surface area (Å²) in [6.07, 6.45) is 1.68. The number of hydrogen-bond acceptors (Lipinski definition) is 6. The van der Waals surface area contributed by atoms with E-state index < -0.39 is 0 Å². The Hall–Kier alpha value is -3.78. The molecule has 34 heavy (non-hydrogen) atoms. The van der Waals surface area contributed by atoms with E-state index >= 15 is 0 Å². The van der Waals surface area contributed by atoms with Crippen LogP contribution in [0.2, 0.25) is 0 Å². The average molecular weight is 480 g/mol. The first-order valence-corrected chi connectivity index (χ1v) is 11.3. The number of methoxy groups -OCH3 is 1. The molecular weight excluding hydrogens is 457 g/mol. The second kappa shape index (κ2) is 10.9. The van der Waals surface area contributed by atoms with Gasteiger partial charge in [-0.2, -0.15) is 0 Å². The predicted molar refractivity (Wildman–Crippen MR) is 128 cm³/mol. The van der Waals surface area contributed by atoms with Crippen LogP contribution in [0.5, 0.6) is 17.2 Å². The van der Waals surface area contributed by atoms with Gasteiger partial charge in [0.15, 0.2) is 11.5 Å². The van der Waals surface area contributed by atoms with E-state index in [-0.39, 0.29) is 30.1 Å². The molecule has 0 saturated carbocycles. The van der Waals surface area contributed by atoms with Crippen LogP contribution in [0.3, 0.4) is 0 Å². The van der Waals surface area contributed by atoms with Crippen LogP contribution in [0.1, 0.15) is 11.1 Å². The normalized spacial score (nSPS) is 14.5. The summed E-state index contributed by atoms with van der Waals surface area (Å²) in [5.41, 5.74) is 1.62. The Morgan fingerprint density at radius 1 is 0.912 bits per heavy atom. The molecule has 1 aliphatic rings. The van der Waals surface area contributed by atoms with Gasteiger partial charge in [0, 0.05) is 0 Å². The molecule has 0 bridgehead atoms. The number of ether oxygens (including phenoxy) is 3. The third-order valence-corrected chi connectivity index (χ3v) is 5.92. The molecule has 4 rings (SSSR count). The van der Waals surface area contributed by atoms with E-state index in [2.05, 4.69) is 0 Å². The molecule has 1 saturated heterocycles. The number of imide groups is 1. The second-order valence-corrected chi connectivity index (χ2v) is 8.31. The minimum absolute atomic E-state index is 0.135. The Kier molecular flexibility index (Phi) is 7.49. The summed E-state index contributed by atoms with van der Waals surface area (Å²) in [4.78, 5) is 26.6. The van der Waals surface area contributed by atoms with Gasteiger partial charge in [0.25, 0.3) is 11.1 Å². The number of carbonyl (C=O) groups excluding carboxylic acids is 2. The lowest BCUT2D eigenvalue weighted by Gasteiger charge is -2.14. The van der Waals surface area contributed by atoms with Crippen molar-refractivity contribution in [1.29, 1.82) is 0 Å². The number of benzene rings is 3. The molecule has 3 aromatic carbocycles. The number of amides is 2. The minimum atomic E-state index is -0.352. The number of thioether (sulfide) groups is 1. The fourth-order valence-electron chi connectivity index (χ4n) is 3.24. The van der Waals surface area contributed by atoms with Crippen LogP contribution in [0.15, 0.2) is 77.7 Å². The highest BCUT2D eigenvalue weighted by Gasteiger charge is 2.34. The molecule has 0 N–H and O–H groups in total. The highest BCUT2D eigenvalue weighted by atomic mass is 32.2. The molecule has 1 heterocycles. The summed E-state index contributed by atoms with van der Waals surface area (Å²) in [5, 5.41) is -0.334. The number of para-hydroxylation sites is 2. The van der Waals surface area contributed by atoms with Gasteiger partial charge in [0.05, 0.1) is 18.6 Å². The van der Waals surface area contributed by atoms with E-state index in [1.165, 1.54) is 17.0 Å². The molecule has 1 fully saturated rings. The molecule has 0 aromatic heterocycles. The molecule has 0 spiro atoms. The summed E-state index contributed by atoms with van der Waals surface area (Å²) in [5.74, 6) is 1.13. The largest absolute Gasteiger partial charge is 0.493 e. The zero-order valence-corrected chi connectivity index (χ0v) is 19.2. The first-order valence-electron chi connectivity index (χ1n) is 10.5. The maximum absolute atomic E-state index is 13.0. The SMILES string of the molecule is COc1ccccc1OCCN1C(=O)S/C(=C\c2ccc(OCc3ccc(F)cc3)cc2)C1=O. The van der Waals surface area contributed by atoms with Crippen molar-refractivity contribution < 1.29 is 28.2 Å². The van der Waals surface area contributed by atoms with Crippen molar-refractivity contribution in [2.45, 2.75) is 6.61 Å². The second-order valence-electron chi connectivity index (χ2n) is 7.32. The topological polar surface area (TPSA) is 65.1 Å². The maximum atomic E-state index is 13.0. The molecule has 2 amide bonds. The molecule has 0 aliphatic carbocycles. The fourth-order valence-corrected chi connectivity index (χ4v) is 4.10. The smallest absolute Gasteiger partial charge is 0.293 e. The summed E-state index contributed by atoms with van der Waals surface area (Å²) >= 11 is 0.900. The van der Waals surface area contributed by atoms with Gasteiger partial charge >= 0.3 is 0 Å². The van der Waals surface area contributed by atoms with Crippen molar-refractivity contribution in [1.82, 2.24) is 4.90 Å². The van der Waals surface area contributed by atoms with E-state index in [0.717, 1.165) is 22.9 Å². The Balaban J connectivity index is 1.32. The van der Waals surface area contributed by atoms with Gasteiger partial charge in [-0.15, -0.1) is 0 Å². The van der Waals surface area contributed by atoms with Gasteiger partial charge < -0.3 is 14.2 Å². The molecule has 0 unspecified atom stereocenters. The molecule has 0 radical (unpaired) electrons. The van der Waals surface area contributed by atoms with E-state index in [1.54, 1.807) is 61.7 Å². The highest BCUT2D eigenvalue weighted by molar-refractivity contribution is 8.18. The van der Waals surface area contributed by atoms with Gasteiger partial charge in [-0.05, 0) is 65.4 Å². The van der Waals surface area contributed by atoms with Gasteiger partial charge in [-0.3, -0.25) is 14.5 Å². The van der Waals surface area contributed by atoms with Crippen LogP contribution in [0.25, 0.3) is 6.08 Å². The average Bonchev–Trinajstić information content (AvgIpc) is 3.12. The van der Waals surface area contributed by atoms with Crippen LogP contribution in [0.4, 0.5) is 9.18 Å². The van der Waals surface area contributed by atoms with Crippen LogP contribution in [-0.2, 0) is 11.4 Å². The molecule has 8 heteroatoms. The van der Waals surface area contributed by atoms with E-state index in [4.69, 9.17) is 14.2 Å². The van der Waals surface area contributed by atoms with Crippen molar-refractivity contribution >= 4 is 29.0 Å². The minimum Gasteiger partial charge on any atom is -0.493 e. The lowest BCUT2D eigenvalue weighted by Crippen LogP contribution is -2.32. The zero-order chi connectivity index (χ0) is 23.9. The molecule has 1 aliphatic heterocycles. The number of carbonyl (C=O) groups is 2. The Bertz CT molecular complexity index is 1190. The zero-order valence-electron chi connectivity index (χ0n) is 18.4. The molecule has 0 atom stereocenters. The van der Waals surface area contributed by atoms with Gasteiger partial charge in [0.1, 0.15) is 24.8 Å². The third kappa shape index (κ3) is 5.77. The maximum Gasteiger partial charge on any atom is 0.293 e. The monoisotopic (exact) mass is 479 g/mol. The van der Waals surface area contributed by atoms with Gasteiger partial charge in [-0.1, -0.05) is 36.4 Å². The standard InChI is InChI=1S/C26H22FNO5S/c1-31-22-4-2-3-5-23(22)32-15-14-28-25(29)24(34-26(28)30)16-18-8-12-21(13-9-18)33-17-19-6-10-20(27)11-7-19/h2-13,16H,14-15,17H2,1H3/b24-16-. The summed E-state index contributed by atoms with van der Waals surface area (Å²) < 4.78 is 29.6. The highest BCUT2D eigenvalue weighted by Crippen LogP contribution is 2.32. The lowest BCUT2D eigenvalue weighted by molar-refractivity contribution is -0.123. The van der Waals surface area contributed by atoms with E-state index in [0.29, 0.717) is 28.8 Å². The van der Waals surface area contributed by atoms with E-state index in [9.17, 15) is 14.0 Å². The molecule has 174 valence electrons. The Morgan fingerprint density at radius 3 is 2.32 bits per heavy atom. The summed E-state index contributed by atoms with van der Waals surface area (Å²) in [6, 6.07) is 20.5. The summed E-state index contributed by atoms with van der Waals surface area (Å²) in [7, 11) is 1.55. The Labute approximate surface area is 200 Å². The predicted octanol–water partition coefficient (Wildman–Crippen LogP) is 5.53. The van der Waals surface area contributed by atoms with Crippen molar-refractivity contribution in [3.05, 3.63) is 94.6 Å². The van der Waals surface area contributed by atoms with Crippen LogP contribution < -0.4 is 14.2 Å².